The largest absolute Gasteiger partial charge is 0.469 e. The molecule has 7 heteroatoms. The molecule has 0 aliphatic carbocycles. The molecule has 0 radical (unpaired) electrons. The van der Waals surface area contributed by atoms with Crippen LogP contribution >= 0.6 is 0 Å². The number of methoxy groups -OCH3 is 1. The van der Waals surface area contributed by atoms with Gasteiger partial charge >= 0.3 is 5.97 Å². The van der Waals surface area contributed by atoms with E-state index in [1.807, 2.05) is 13.8 Å². The van der Waals surface area contributed by atoms with Gasteiger partial charge < -0.3 is 10.1 Å². The van der Waals surface area contributed by atoms with Crippen LogP contribution in [0.25, 0.3) is 0 Å². The molecule has 0 spiro atoms. The molecule has 1 atom stereocenters. The SMILES string of the molecule is COC(=O)CCS(=O)(=O)N(CC(C)C)CC1CCCN1. The third-order valence-electron chi connectivity index (χ3n) is 3.34. The normalized spacial score (nSPS) is 19.8. The first-order valence-electron chi connectivity index (χ1n) is 7.13. The highest BCUT2D eigenvalue weighted by molar-refractivity contribution is 7.89. The molecule has 1 rings (SSSR count). The Labute approximate surface area is 121 Å². The fourth-order valence-electron chi connectivity index (χ4n) is 2.31. The monoisotopic (exact) mass is 306 g/mol. The van der Waals surface area contributed by atoms with Gasteiger partial charge in [0, 0.05) is 19.1 Å². The zero-order valence-corrected chi connectivity index (χ0v) is 13.4. The highest BCUT2D eigenvalue weighted by atomic mass is 32.2. The van der Waals surface area contributed by atoms with Crippen molar-refractivity contribution in [2.24, 2.45) is 5.92 Å². The zero-order chi connectivity index (χ0) is 15.2. The van der Waals surface area contributed by atoms with E-state index >= 15 is 0 Å². The highest BCUT2D eigenvalue weighted by Crippen LogP contribution is 2.13. The van der Waals surface area contributed by atoms with Gasteiger partial charge in [-0.3, -0.25) is 4.79 Å². The van der Waals surface area contributed by atoms with Crippen molar-refractivity contribution in [3.63, 3.8) is 0 Å². The molecule has 118 valence electrons. The Morgan fingerprint density at radius 1 is 1.45 bits per heavy atom. The summed E-state index contributed by atoms with van der Waals surface area (Å²) in [7, 11) is -2.15. The van der Waals surface area contributed by atoms with E-state index in [-0.39, 0.29) is 24.1 Å². The van der Waals surface area contributed by atoms with Gasteiger partial charge in [-0.2, -0.15) is 0 Å². The lowest BCUT2D eigenvalue weighted by Gasteiger charge is -2.26. The average molecular weight is 306 g/mol. The molecule has 0 saturated carbocycles. The number of carbonyl (C=O) groups is 1. The number of ether oxygens (including phenoxy) is 1. The number of hydrogen-bond donors (Lipinski definition) is 1. The van der Waals surface area contributed by atoms with E-state index in [9.17, 15) is 13.2 Å². The summed E-state index contributed by atoms with van der Waals surface area (Å²) in [5.74, 6) is -0.416. The van der Waals surface area contributed by atoms with Crippen LogP contribution in [0.15, 0.2) is 0 Å². The van der Waals surface area contributed by atoms with Crippen molar-refractivity contribution >= 4 is 16.0 Å². The topological polar surface area (TPSA) is 75.7 Å². The predicted molar refractivity (Wildman–Crippen MR) is 77.9 cm³/mol. The molecule has 0 bridgehead atoms. The minimum atomic E-state index is -3.42. The van der Waals surface area contributed by atoms with Crippen LogP contribution in [-0.4, -0.2) is 57.2 Å². The Balaban J connectivity index is 2.66. The minimum absolute atomic E-state index is 0.0917. The second-order valence-electron chi connectivity index (χ2n) is 5.65. The quantitative estimate of drug-likeness (QED) is 0.664. The van der Waals surface area contributed by atoms with Gasteiger partial charge in [-0.1, -0.05) is 13.8 Å². The molecule has 1 aliphatic heterocycles. The maximum Gasteiger partial charge on any atom is 0.306 e. The van der Waals surface area contributed by atoms with E-state index in [0.29, 0.717) is 13.1 Å². The van der Waals surface area contributed by atoms with Crippen LogP contribution in [-0.2, 0) is 19.6 Å². The third kappa shape index (κ3) is 5.76. The number of rotatable bonds is 8. The summed E-state index contributed by atoms with van der Waals surface area (Å²) >= 11 is 0. The van der Waals surface area contributed by atoms with Crippen LogP contribution in [0, 0.1) is 5.92 Å². The summed E-state index contributed by atoms with van der Waals surface area (Å²) < 4.78 is 30.8. The van der Waals surface area contributed by atoms with Gasteiger partial charge in [0.1, 0.15) is 0 Å². The summed E-state index contributed by atoms with van der Waals surface area (Å²) in [4.78, 5) is 11.1. The molecule has 1 unspecified atom stereocenters. The van der Waals surface area contributed by atoms with Gasteiger partial charge in [0.15, 0.2) is 0 Å². The van der Waals surface area contributed by atoms with Gasteiger partial charge in [0.25, 0.3) is 0 Å². The number of esters is 1. The smallest absolute Gasteiger partial charge is 0.306 e. The van der Waals surface area contributed by atoms with Crippen LogP contribution in [0.2, 0.25) is 0 Å². The van der Waals surface area contributed by atoms with Crippen LogP contribution in [0.3, 0.4) is 0 Å². The van der Waals surface area contributed by atoms with E-state index < -0.39 is 16.0 Å². The lowest BCUT2D eigenvalue weighted by molar-refractivity contribution is -0.140. The van der Waals surface area contributed by atoms with E-state index in [1.54, 1.807) is 0 Å². The van der Waals surface area contributed by atoms with Crippen molar-refractivity contribution in [3.05, 3.63) is 0 Å². The first kappa shape index (κ1) is 17.4. The zero-order valence-electron chi connectivity index (χ0n) is 12.6. The van der Waals surface area contributed by atoms with Crippen molar-refractivity contribution < 1.29 is 17.9 Å². The summed E-state index contributed by atoms with van der Waals surface area (Å²) in [6.45, 7) is 5.90. The molecule has 0 aromatic rings. The van der Waals surface area contributed by atoms with Crippen LogP contribution in [0.4, 0.5) is 0 Å². The van der Waals surface area contributed by atoms with E-state index in [1.165, 1.54) is 11.4 Å². The number of nitrogens with zero attached hydrogens (tertiary/aromatic N) is 1. The summed E-state index contributed by atoms with van der Waals surface area (Å²) in [6.07, 6.45) is 2.00. The summed E-state index contributed by atoms with van der Waals surface area (Å²) in [5.41, 5.74) is 0. The van der Waals surface area contributed by atoms with Gasteiger partial charge in [-0.05, 0) is 25.3 Å². The first-order valence-corrected chi connectivity index (χ1v) is 8.74. The molecule has 1 fully saturated rings. The van der Waals surface area contributed by atoms with Crippen LogP contribution < -0.4 is 5.32 Å². The molecule has 0 amide bonds. The Bertz CT molecular complexity index is 403. The number of sulfonamides is 1. The molecule has 6 nitrogen and oxygen atoms in total. The Morgan fingerprint density at radius 2 is 2.15 bits per heavy atom. The fraction of sp³-hybridized carbons (Fsp3) is 0.923. The molecular weight excluding hydrogens is 280 g/mol. The standard InChI is InChI=1S/C13H26N2O4S/c1-11(2)9-15(10-12-5-4-7-14-12)20(17,18)8-6-13(16)19-3/h11-12,14H,4-10H2,1-3H3. The van der Waals surface area contributed by atoms with Crippen LogP contribution in [0.5, 0.6) is 0 Å². The van der Waals surface area contributed by atoms with Gasteiger partial charge in [-0.25, -0.2) is 12.7 Å². The third-order valence-corrected chi connectivity index (χ3v) is 5.15. The Kier molecular flexibility index (Phi) is 6.91. The van der Waals surface area contributed by atoms with Gasteiger partial charge in [-0.15, -0.1) is 0 Å². The lowest BCUT2D eigenvalue weighted by Crippen LogP contribution is -2.44. The van der Waals surface area contributed by atoms with E-state index in [4.69, 9.17) is 0 Å². The molecule has 0 aromatic carbocycles. The lowest BCUT2D eigenvalue weighted by atomic mass is 10.2. The molecular formula is C13H26N2O4S. The Morgan fingerprint density at radius 3 is 2.65 bits per heavy atom. The molecule has 0 aromatic heterocycles. The number of hydrogen-bond acceptors (Lipinski definition) is 5. The maximum absolute atomic E-state index is 12.4. The molecule has 1 saturated heterocycles. The summed E-state index contributed by atoms with van der Waals surface area (Å²) in [6, 6.07) is 0.224. The number of nitrogens with one attached hydrogen (secondary N) is 1. The molecule has 1 heterocycles. The molecule has 1 aliphatic rings. The van der Waals surface area contributed by atoms with E-state index in [2.05, 4.69) is 10.1 Å². The van der Waals surface area contributed by atoms with Crippen molar-refractivity contribution in [1.29, 1.82) is 0 Å². The second kappa shape index (κ2) is 7.95. The Hall–Kier alpha value is -0.660. The second-order valence-corrected chi connectivity index (χ2v) is 7.73. The van der Waals surface area contributed by atoms with Crippen molar-refractivity contribution in [2.45, 2.75) is 39.2 Å². The van der Waals surface area contributed by atoms with Crippen molar-refractivity contribution in [3.8, 4) is 0 Å². The summed E-state index contributed by atoms with van der Waals surface area (Å²) in [5, 5.41) is 3.31. The molecule has 1 N–H and O–H groups in total. The average Bonchev–Trinajstić information content (AvgIpc) is 2.87. The molecule has 20 heavy (non-hydrogen) atoms. The van der Waals surface area contributed by atoms with E-state index in [0.717, 1.165) is 19.4 Å². The predicted octanol–water partition coefficient (Wildman–Crippen LogP) is 0.589. The van der Waals surface area contributed by atoms with Gasteiger partial charge in [0.2, 0.25) is 10.0 Å². The highest BCUT2D eigenvalue weighted by Gasteiger charge is 2.27. The minimum Gasteiger partial charge on any atom is -0.469 e. The first-order chi connectivity index (χ1) is 9.35. The van der Waals surface area contributed by atoms with Crippen LogP contribution in [0.1, 0.15) is 33.1 Å². The van der Waals surface area contributed by atoms with Gasteiger partial charge in [0.05, 0.1) is 19.3 Å². The fourth-order valence-corrected chi connectivity index (χ4v) is 3.93. The maximum atomic E-state index is 12.4. The van der Waals surface area contributed by atoms with Crippen molar-refractivity contribution in [1.82, 2.24) is 9.62 Å². The number of carbonyl (C=O) groups excluding carboxylic acids is 1. The van der Waals surface area contributed by atoms with Crippen molar-refractivity contribution in [2.75, 3.05) is 32.5 Å².